The summed E-state index contributed by atoms with van der Waals surface area (Å²) in [6, 6.07) is 9.34. The average molecular weight is 252 g/mol. The SMILES string of the molecule is CC[C@H](N)c1ccc(N(C)C(C)CSC)cc1. The third-order valence-corrected chi connectivity index (χ3v) is 4.05. The van der Waals surface area contributed by atoms with E-state index in [4.69, 9.17) is 5.73 Å². The molecular formula is C14H24N2S. The molecule has 0 aliphatic carbocycles. The van der Waals surface area contributed by atoms with E-state index in [0.29, 0.717) is 6.04 Å². The molecule has 0 heterocycles. The summed E-state index contributed by atoms with van der Waals surface area (Å²) in [5, 5.41) is 0. The van der Waals surface area contributed by atoms with Crippen LogP contribution in [0.25, 0.3) is 0 Å². The van der Waals surface area contributed by atoms with Gasteiger partial charge in [-0.1, -0.05) is 19.1 Å². The molecule has 2 nitrogen and oxygen atoms in total. The number of hydrogen-bond donors (Lipinski definition) is 1. The second kappa shape index (κ2) is 6.92. The molecule has 17 heavy (non-hydrogen) atoms. The van der Waals surface area contributed by atoms with Crippen LogP contribution in [0.1, 0.15) is 31.9 Å². The van der Waals surface area contributed by atoms with Crippen LogP contribution in [-0.4, -0.2) is 25.1 Å². The Hall–Kier alpha value is -0.670. The highest BCUT2D eigenvalue weighted by Crippen LogP contribution is 2.21. The van der Waals surface area contributed by atoms with E-state index in [1.807, 2.05) is 11.8 Å². The maximum absolute atomic E-state index is 6.01. The third kappa shape index (κ3) is 3.93. The summed E-state index contributed by atoms with van der Waals surface area (Å²) in [6.07, 6.45) is 3.13. The summed E-state index contributed by atoms with van der Waals surface area (Å²) in [6.45, 7) is 4.37. The predicted molar refractivity (Wildman–Crippen MR) is 79.9 cm³/mol. The third-order valence-electron chi connectivity index (χ3n) is 3.24. The van der Waals surface area contributed by atoms with Crippen LogP contribution in [0, 0.1) is 0 Å². The van der Waals surface area contributed by atoms with Crippen LogP contribution >= 0.6 is 11.8 Å². The standard InChI is InChI=1S/C14H24N2S/c1-5-14(15)12-6-8-13(9-7-12)16(3)11(2)10-17-4/h6-9,11,14H,5,10,15H2,1-4H3/t11?,14-/m0/s1. The molecule has 0 aliphatic rings. The summed E-state index contributed by atoms with van der Waals surface area (Å²) in [5.41, 5.74) is 8.50. The number of benzene rings is 1. The Labute approximate surface area is 110 Å². The monoisotopic (exact) mass is 252 g/mol. The molecule has 0 aliphatic heterocycles. The van der Waals surface area contributed by atoms with E-state index in [0.717, 1.165) is 12.2 Å². The lowest BCUT2D eigenvalue weighted by atomic mass is 10.0. The van der Waals surface area contributed by atoms with Crippen molar-refractivity contribution < 1.29 is 0 Å². The first-order valence-corrected chi connectivity index (χ1v) is 7.56. The number of nitrogens with two attached hydrogens (primary N) is 1. The van der Waals surface area contributed by atoms with Crippen molar-refractivity contribution in [1.82, 2.24) is 0 Å². The summed E-state index contributed by atoms with van der Waals surface area (Å²) in [4.78, 5) is 2.32. The van der Waals surface area contributed by atoms with Gasteiger partial charge in [0.15, 0.2) is 0 Å². The second-order valence-corrected chi connectivity index (χ2v) is 5.43. The Kier molecular flexibility index (Phi) is 5.86. The van der Waals surface area contributed by atoms with Crippen molar-refractivity contribution in [3.8, 4) is 0 Å². The van der Waals surface area contributed by atoms with Gasteiger partial charge in [-0.05, 0) is 37.3 Å². The van der Waals surface area contributed by atoms with Gasteiger partial charge in [-0.25, -0.2) is 0 Å². The lowest BCUT2D eigenvalue weighted by Crippen LogP contribution is -2.30. The minimum Gasteiger partial charge on any atom is -0.371 e. The maximum Gasteiger partial charge on any atom is 0.0366 e. The summed E-state index contributed by atoms with van der Waals surface area (Å²) >= 11 is 1.88. The highest BCUT2D eigenvalue weighted by atomic mass is 32.2. The van der Waals surface area contributed by atoms with Crippen LogP contribution in [0.2, 0.25) is 0 Å². The summed E-state index contributed by atoms with van der Waals surface area (Å²) < 4.78 is 0. The van der Waals surface area contributed by atoms with Gasteiger partial charge in [0.25, 0.3) is 0 Å². The first-order valence-electron chi connectivity index (χ1n) is 6.17. The summed E-state index contributed by atoms with van der Waals surface area (Å²) in [7, 11) is 2.15. The van der Waals surface area contributed by atoms with Gasteiger partial charge in [-0.2, -0.15) is 11.8 Å². The van der Waals surface area contributed by atoms with E-state index >= 15 is 0 Å². The molecule has 1 aromatic rings. The van der Waals surface area contributed by atoms with Crippen molar-refractivity contribution in [2.75, 3.05) is 24.0 Å². The lowest BCUT2D eigenvalue weighted by Gasteiger charge is -2.27. The zero-order chi connectivity index (χ0) is 12.8. The number of anilines is 1. The topological polar surface area (TPSA) is 29.3 Å². The van der Waals surface area contributed by atoms with Crippen molar-refractivity contribution in [2.24, 2.45) is 5.73 Å². The molecule has 1 unspecified atom stereocenters. The van der Waals surface area contributed by atoms with Crippen LogP contribution in [-0.2, 0) is 0 Å². The number of nitrogens with zero attached hydrogens (tertiary/aromatic N) is 1. The molecule has 1 aromatic carbocycles. The number of rotatable bonds is 6. The molecule has 0 saturated carbocycles. The molecule has 1 rings (SSSR count). The Morgan fingerprint density at radius 2 is 1.88 bits per heavy atom. The minimum absolute atomic E-state index is 0.165. The lowest BCUT2D eigenvalue weighted by molar-refractivity contribution is 0.698. The molecule has 0 radical (unpaired) electrons. The molecule has 96 valence electrons. The molecule has 0 amide bonds. The van der Waals surface area contributed by atoms with Crippen molar-refractivity contribution >= 4 is 17.4 Å². The molecule has 0 fully saturated rings. The molecule has 2 N–H and O–H groups in total. The van der Waals surface area contributed by atoms with Crippen LogP contribution < -0.4 is 10.6 Å². The quantitative estimate of drug-likeness (QED) is 0.842. The van der Waals surface area contributed by atoms with Gasteiger partial charge < -0.3 is 10.6 Å². The Balaban J connectivity index is 2.73. The van der Waals surface area contributed by atoms with Crippen LogP contribution in [0.4, 0.5) is 5.69 Å². The molecule has 3 heteroatoms. The first kappa shape index (κ1) is 14.4. The van der Waals surface area contributed by atoms with Crippen molar-refractivity contribution in [3.63, 3.8) is 0 Å². The predicted octanol–water partition coefficient (Wildman–Crippen LogP) is 3.28. The van der Waals surface area contributed by atoms with Crippen LogP contribution in [0.3, 0.4) is 0 Å². The van der Waals surface area contributed by atoms with Gasteiger partial charge in [0.05, 0.1) is 0 Å². The Morgan fingerprint density at radius 1 is 1.29 bits per heavy atom. The van der Waals surface area contributed by atoms with Crippen LogP contribution in [0.15, 0.2) is 24.3 Å². The smallest absolute Gasteiger partial charge is 0.0366 e. The highest BCUT2D eigenvalue weighted by molar-refractivity contribution is 7.98. The van der Waals surface area contributed by atoms with E-state index < -0.39 is 0 Å². The Bertz CT molecular complexity index is 323. The fraction of sp³-hybridized carbons (Fsp3) is 0.571. The van der Waals surface area contributed by atoms with Gasteiger partial charge in [0, 0.05) is 30.6 Å². The summed E-state index contributed by atoms with van der Waals surface area (Å²) in [5.74, 6) is 1.15. The normalized spacial score (nSPS) is 14.4. The van der Waals surface area contributed by atoms with Crippen LogP contribution in [0.5, 0.6) is 0 Å². The second-order valence-electron chi connectivity index (χ2n) is 4.52. The molecule has 2 atom stereocenters. The van der Waals surface area contributed by atoms with Gasteiger partial charge in [-0.15, -0.1) is 0 Å². The molecule has 0 spiro atoms. The minimum atomic E-state index is 0.165. The average Bonchev–Trinajstić information content (AvgIpc) is 2.37. The van der Waals surface area contributed by atoms with E-state index in [1.54, 1.807) is 0 Å². The molecule has 0 saturated heterocycles. The van der Waals surface area contributed by atoms with E-state index in [-0.39, 0.29) is 6.04 Å². The zero-order valence-electron chi connectivity index (χ0n) is 11.3. The number of thioether (sulfide) groups is 1. The van der Waals surface area contributed by atoms with E-state index in [9.17, 15) is 0 Å². The molecular weight excluding hydrogens is 228 g/mol. The molecule has 0 aromatic heterocycles. The Morgan fingerprint density at radius 3 is 2.35 bits per heavy atom. The van der Waals surface area contributed by atoms with Gasteiger partial charge >= 0.3 is 0 Å². The van der Waals surface area contributed by atoms with Crippen molar-refractivity contribution in [1.29, 1.82) is 0 Å². The van der Waals surface area contributed by atoms with Gasteiger partial charge in [0.1, 0.15) is 0 Å². The highest BCUT2D eigenvalue weighted by Gasteiger charge is 2.10. The molecule has 0 bridgehead atoms. The van der Waals surface area contributed by atoms with Crippen molar-refractivity contribution in [3.05, 3.63) is 29.8 Å². The van der Waals surface area contributed by atoms with E-state index in [1.165, 1.54) is 11.3 Å². The zero-order valence-corrected chi connectivity index (χ0v) is 12.1. The fourth-order valence-corrected chi connectivity index (χ4v) is 2.51. The van der Waals surface area contributed by atoms with Gasteiger partial charge in [-0.3, -0.25) is 0 Å². The fourth-order valence-electron chi connectivity index (χ4n) is 1.80. The maximum atomic E-state index is 6.01. The number of hydrogen-bond acceptors (Lipinski definition) is 3. The van der Waals surface area contributed by atoms with Gasteiger partial charge in [0.2, 0.25) is 0 Å². The van der Waals surface area contributed by atoms with Crippen molar-refractivity contribution in [2.45, 2.75) is 32.4 Å². The first-order chi connectivity index (χ1) is 8.10. The largest absolute Gasteiger partial charge is 0.371 e. The van der Waals surface area contributed by atoms with E-state index in [2.05, 4.69) is 56.3 Å².